The minimum atomic E-state index is -0.582. The quantitative estimate of drug-likeness (QED) is 0.276. The average Bonchev–Trinajstić information content (AvgIpc) is 3.46. The molecule has 3 fully saturated rings. The predicted molar refractivity (Wildman–Crippen MR) is 208 cm³/mol. The minimum absolute atomic E-state index is 0.119. The summed E-state index contributed by atoms with van der Waals surface area (Å²) in [5, 5.41) is 12.6. The summed E-state index contributed by atoms with van der Waals surface area (Å²) in [5.74, 6) is 1.28. The highest BCUT2D eigenvalue weighted by Gasteiger charge is 2.39. The highest BCUT2D eigenvalue weighted by Crippen LogP contribution is 2.46. The first-order chi connectivity index (χ1) is 25.5. The van der Waals surface area contributed by atoms with Crippen molar-refractivity contribution in [1.29, 1.82) is 0 Å². The molecule has 53 heavy (non-hydrogen) atoms. The van der Waals surface area contributed by atoms with Crippen LogP contribution in [0.3, 0.4) is 0 Å². The molecule has 1 aliphatic carbocycles. The van der Waals surface area contributed by atoms with Gasteiger partial charge in [-0.05, 0) is 120 Å². The van der Waals surface area contributed by atoms with Crippen LogP contribution in [0.4, 0.5) is 11.4 Å². The van der Waals surface area contributed by atoms with Gasteiger partial charge in [0.25, 0.3) is 5.91 Å². The molecule has 4 aliphatic heterocycles. The molecule has 4 heterocycles. The van der Waals surface area contributed by atoms with Crippen molar-refractivity contribution in [3.05, 3.63) is 88.5 Å². The largest absolute Gasteiger partial charge is 0.508 e. The zero-order valence-electron chi connectivity index (χ0n) is 31.7. The van der Waals surface area contributed by atoms with Crippen LogP contribution in [0.15, 0.2) is 60.7 Å². The number of phenolic OH excluding ortho intramolecular Hbond substituents is 1. The number of aromatic hydroxyl groups is 1. The summed E-state index contributed by atoms with van der Waals surface area (Å²) in [7, 11) is 0. The third-order valence-electron chi connectivity index (χ3n) is 12.6. The number of nitrogens with one attached hydrogen (secondary N) is 1. The van der Waals surface area contributed by atoms with E-state index < -0.39 is 6.04 Å². The summed E-state index contributed by atoms with van der Waals surface area (Å²) in [6.45, 7) is 14.8. The van der Waals surface area contributed by atoms with E-state index in [0.717, 1.165) is 69.9 Å². The van der Waals surface area contributed by atoms with Crippen LogP contribution in [-0.4, -0.2) is 84.5 Å². The van der Waals surface area contributed by atoms with E-state index in [1.807, 2.05) is 24.3 Å². The Kier molecular flexibility index (Phi) is 9.73. The number of carbonyl (C=O) groups excluding carboxylic acids is 3. The maximum atomic E-state index is 13.1. The Balaban J connectivity index is 0.830. The van der Waals surface area contributed by atoms with Crippen LogP contribution in [0.25, 0.3) is 0 Å². The number of phenols is 1. The standard InChI is InChI=1S/C44H55N5O4/c1-44(2,3)26-32-5-4-31-25-36(50)11-13-37(31)41(32)30-6-8-34(9-7-30)47-18-16-29(17-19-47)27-46-20-22-48(23-21-46)35-10-12-38-33(24-35)28-49(43(38)53)39-14-15-40(51)45-42(39)52/h6-13,24-25,29,32,39,41,50H,4-5,14-23,26-28H2,1-3H3,(H,45,51,52)/t32-,39?,41+/m1/s1. The number of piperidine rings is 2. The maximum absolute atomic E-state index is 13.1. The Labute approximate surface area is 314 Å². The van der Waals surface area contributed by atoms with Crippen LogP contribution in [0, 0.1) is 17.3 Å². The Morgan fingerprint density at radius 3 is 2.19 bits per heavy atom. The molecule has 3 aromatic carbocycles. The molecule has 3 saturated heterocycles. The molecule has 280 valence electrons. The molecule has 0 aromatic heterocycles. The molecule has 1 unspecified atom stereocenters. The number of hydrogen-bond donors (Lipinski definition) is 2. The van der Waals surface area contributed by atoms with E-state index in [1.165, 1.54) is 41.6 Å². The van der Waals surface area contributed by atoms with Crippen molar-refractivity contribution in [3.8, 4) is 5.75 Å². The number of amides is 3. The van der Waals surface area contributed by atoms with E-state index in [1.54, 1.807) is 4.90 Å². The van der Waals surface area contributed by atoms with Crippen LogP contribution >= 0.6 is 0 Å². The van der Waals surface area contributed by atoms with Gasteiger partial charge in [0.05, 0.1) is 0 Å². The molecular formula is C44H55N5O4. The van der Waals surface area contributed by atoms with Crippen LogP contribution in [0.1, 0.15) is 97.8 Å². The number of piperazine rings is 1. The molecule has 8 rings (SSSR count). The van der Waals surface area contributed by atoms with Gasteiger partial charge in [0, 0.05) is 81.6 Å². The number of anilines is 2. The van der Waals surface area contributed by atoms with Gasteiger partial charge < -0.3 is 19.8 Å². The molecule has 9 nitrogen and oxygen atoms in total. The van der Waals surface area contributed by atoms with Crippen LogP contribution < -0.4 is 15.1 Å². The first-order valence-electron chi connectivity index (χ1n) is 19.9. The topological polar surface area (TPSA) is 96.4 Å². The van der Waals surface area contributed by atoms with Gasteiger partial charge in [-0.15, -0.1) is 0 Å². The lowest BCUT2D eigenvalue weighted by molar-refractivity contribution is -0.136. The number of hydrogen-bond acceptors (Lipinski definition) is 7. The van der Waals surface area contributed by atoms with Gasteiger partial charge in [-0.25, -0.2) is 0 Å². The predicted octanol–water partition coefficient (Wildman–Crippen LogP) is 6.32. The van der Waals surface area contributed by atoms with Gasteiger partial charge in [0.1, 0.15) is 11.8 Å². The van der Waals surface area contributed by atoms with Crippen molar-refractivity contribution >= 4 is 29.1 Å². The third kappa shape index (κ3) is 7.55. The van der Waals surface area contributed by atoms with E-state index in [4.69, 9.17) is 0 Å². The molecule has 3 atom stereocenters. The molecule has 3 amide bonds. The van der Waals surface area contributed by atoms with Gasteiger partial charge in [-0.1, -0.05) is 39.0 Å². The number of imide groups is 1. The normalized spacial score (nSPS) is 24.3. The van der Waals surface area contributed by atoms with E-state index in [-0.39, 0.29) is 29.6 Å². The molecule has 2 N–H and O–H groups in total. The summed E-state index contributed by atoms with van der Waals surface area (Å²) in [6, 6.07) is 21.0. The highest BCUT2D eigenvalue weighted by atomic mass is 16.3. The Hall–Kier alpha value is -4.37. The monoisotopic (exact) mass is 717 g/mol. The van der Waals surface area contributed by atoms with Crippen LogP contribution in [0.5, 0.6) is 5.75 Å². The van der Waals surface area contributed by atoms with Crippen molar-refractivity contribution < 1.29 is 19.5 Å². The second-order valence-corrected chi connectivity index (χ2v) is 17.5. The highest BCUT2D eigenvalue weighted by molar-refractivity contribution is 6.05. The average molecular weight is 718 g/mol. The molecule has 3 aromatic rings. The number of aryl methyl sites for hydroxylation is 1. The number of nitrogens with zero attached hydrogens (tertiary/aromatic N) is 4. The fraction of sp³-hybridized carbons (Fsp3) is 0.523. The SMILES string of the molecule is CC(C)(C)C[C@H]1CCc2cc(O)ccc2[C@H]1c1ccc(N2CCC(CN3CCN(c4ccc5c(c4)CN(C4CCC(=O)NC4=O)C5=O)CC3)CC2)cc1. The molecule has 0 saturated carbocycles. The second kappa shape index (κ2) is 14.5. The van der Waals surface area contributed by atoms with Crippen molar-refractivity contribution in [1.82, 2.24) is 15.1 Å². The molecule has 0 bridgehead atoms. The minimum Gasteiger partial charge on any atom is -0.508 e. The summed E-state index contributed by atoms with van der Waals surface area (Å²) in [6.07, 6.45) is 6.44. The Morgan fingerprint density at radius 1 is 0.755 bits per heavy atom. The lowest BCUT2D eigenvalue weighted by Crippen LogP contribution is -2.52. The number of carbonyl (C=O) groups is 3. The number of benzene rings is 3. The molecular weight excluding hydrogens is 663 g/mol. The molecule has 9 heteroatoms. The number of fused-ring (bicyclic) bond motifs is 2. The zero-order valence-corrected chi connectivity index (χ0v) is 31.7. The smallest absolute Gasteiger partial charge is 0.255 e. The molecule has 5 aliphatic rings. The first kappa shape index (κ1) is 35.6. The summed E-state index contributed by atoms with van der Waals surface area (Å²) in [5.41, 5.74) is 8.45. The fourth-order valence-electron chi connectivity index (χ4n) is 9.91. The van der Waals surface area contributed by atoms with Gasteiger partial charge in [-0.2, -0.15) is 0 Å². The van der Waals surface area contributed by atoms with Crippen molar-refractivity contribution in [2.45, 2.75) is 84.2 Å². The van der Waals surface area contributed by atoms with Crippen molar-refractivity contribution in [2.75, 3.05) is 55.6 Å². The lowest BCUT2D eigenvalue weighted by atomic mass is 9.67. The van der Waals surface area contributed by atoms with Gasteiger partial charge in [-0.3, -0.25) is 24.6 Å². The van der Waals surface area contributed by atoms with E-state index in [9.17, 15) is 19.5 Å². The second-order valence-electron chi connectivity index (χ2n) is 17.5. The van der Waals surface area contributed by atoms with E-state index in [0.29, 0.717) is 42.0 Å². The maximum Gasteiger partial charge on any atom is 0.255 e. The van der Waals surface area contributed by atoms with Gasteiger partial charge >= 0.3 is 0 Å². The number of rotatable bonds is 7. The Morgan fingerprint density at radius 2 is 1.47 bits per heavy atom. The lowest BCUT2D eigenvalue weighted by Gasteiger charge is -2.40. The van der Waals surface area contributed by atoms with E-state index in [2.05, 4.69) is 77.2 Å². The molecule has 0 radical (unpaired) electrons. The zero-order chi connectivity index (χ0) is 36.9. The summed E-state index contributed by atoms with van der Waals surface area (Å²) < 4.78 is 0. The van der Waals surface area contributed by atoms with Gasteiger partial charge in [0.15, 0.2) is 0 Å². The van der Waals surface area contributed by atoms with E-state index >= 15 is 0 Å². The fourth-order valence-corrected chi connectivity index (χ4v) is 9.91. The summed E-state index contributed by atoms with van der Waals surface area (Å²) >= 11 is 0. The van der Waals surface area contributed by atoms with Gasteiger partial charge in [0.2, 0.25) is 11.8 Å². The van der Waals surface area contributed by atoms with Crippen LogP contribution in [0.2, 0.25) is 0 Å². The first-order valence-corrected chi connectivity index (χ1v) is 19.9. The van der Waals surface area contributed by atoms with Crippen LogP contribution in [-0.2, 0) is 22.6 Å². The molecule has 0 spiro atoms. The Bertz CT molecular complexity index is 1850. The third-order valence-corrected chi connectivity index (χ3v) is 12.6. The van der Waals surface area contributed by atoms with Crippen molar-refractivity contribution in [3.63, 3.8) is 0 Å². The summed E-state index contributed by atoms with van der Waals surface area (Å²) in [4.78, 5) is 46.5. The van der Waals surface area contributed by atoms with Crippen molar-refractivity contribution in [2.24, 2.45) is 17.3 Å².